The highest BCUT2D eigenvalue weighted by molar-refractivity contribution is 9.10. The summed E-state index contributed by atoms with van der Waals surface area (Å²) in [6, 6.07) is 15.2. The number of carbonyl (C=O) groups is 3. The van der Waals surface area contributed by atoms with Gasteiger partial charge in [0.15, 0.2) is 6.61 Å². The number of likely N-dealkylation sites (tertiary alicyclic amines) is 1. The van der Waals surface area contributed by atoms with Crippen LogP contribution in [0, 0.1) is 5.92 Å². The average molecular weight is 502 g/mol. The van der Waals surface area contributed by atoms with Crippen molar-refractivity contribution in [3.8, 4) is 5.75 Å². The van der Waals surface area contributed by atoms with Crippen molar-refractivity contribution in [1.82, 2.24) is 15.8 Å². The van der Waals surface area contributed by atoms with Crippen molar-refractivity contribution >= 4 is 33.7 Å². The molecule has 1 fully saturated rings. The maximum atomic E-state index is 12.4. The summed E-state index contributed by atoms with van der Waals surface area (Å²) in [5.41, 5.74) is 6.60. The first kappa shape index (κ1) is 23.8. The standard InChI is InChI=1S/C24H28BrN3O4/c1-24(2,3)19-12-18(25)9-10-20(19)32-15-21(29)26-27-23(31)17-11-22(30)28(14-17)13-16-7-5-4-6-8-16/h4-10,12,17H,11,13-15H2,1-3H3,(H,26,29)(H,27,31). The highest BCUT2D eigenvalue weighted by Crippen LogP contribution is 2.33. The second-order valence-corrected chi connectivity index (χ2v) is 9.79. The Balaban J connectivity index is 1.47. The molecule has 1 aliphatic heterocycles. The molecule has 0 bridgehead atoms. The third kappa shape index (κ3) is 6.32. The van der Waals surface area contributed by atoms with Crippen LogP contribution >= 0.6 is 15.9 Å². The summed E-state index contributed by atoms with van der Waals surface area (Å²) in [4.78, 5) is 38.6. The van der Waals surface area contributed by atoms with Crippen LogP contribution < -0.4 is 15.6 Å². The van der Waals surface area contributed by atoms with Crippen LogP contribution in [0.1, 0.15) is 38.3 Å². The predicted octanol–water partition coefficient (Wildman–Crippen LogP) is 3.32. The number of hydrogen-bond acceptors (Lipinski definition) is 4. The normalized spacial score (nSPS) is 16.1. The van der Waals surface area contributed by atoms with E-state index in [0.29, 0.717) is 18.8 Å². The van der Waals surface area contributed by atoms with Crippen LogP contribution in [-0.4, -0.2) is 35.8 Å². The Kier molecular flexibility index (Phi) is 7.56. The molecule has 0 spiro atoms. The zero-order chi connectivity index (χ0) is 23.3. The Hall–Kier alpha value is -2.87. The maximum Gasteiger partial charge on any atom is 0.276 e. The Morgan fingerprint density at radius 3 is 2.53 bits per heavy atom. The molecule has 1 atom stereocenters. The Morgan fingerprint density at radius 1 is 1.12 bits per heavy atom. The highest BCUT2D eigenvalue weighted by atomic mass is 79.9. The molecular weight excluding hydrogens is 474 g/mol. The van der Waals surface area contributed by atoms with Gasteiger partial charge in [-0.2, -0.15) is 0 Å². The minimum atomic E-state index is -0.508. The summed E-state index contributed by atoms with van der Waals surface area (Å²) in [5, 5.41) is 0. The van der Waals surface area contributed by atoms with Crippen molar-refractivity contribution in [3.05, 3.63) is 64.1 Å². The van der Waals surface area contributed by atoms with E-state index in [1.807, 2.05) is 48.5 Å². The maximum absolute atomic E-state index is 12.4. The molecule has 0 radical (unpaired) electrons. The van der Waals surface area contributed by atoms with Gasteiger partial charge in [0.05, 0.1) is 5.92 Å². The molecule has 2 aromatic carbocycles. The molecule has 170 valence electrons. The number of amides is 3. The SMILES string of the molecule is CC(C)(C)c1cc(Br)ccc1OCC(=O)NNC(=O)C1CC(=O)N(Cc2ccccc2)C1. The lowest BCUT2D eigenvalue weighted by Crippen LogP contribution is -2.46. The fraction of sp³-hybridized carbons (Fsp3) is 0.375. The molecule has 0 aliphatic carbocycles. The van der Waals surface area contributed by atoms with Crippen LogP contribution in [0.4, 0.5) is 0 Å². The van der Waals surface area contributed by atoms with Crippen molar-refractivity contribution in [1.29, 1.82) is 0 Å². The van der Waals surface area contributed by atoms with E-state index in [2.05, 4.69) is 47.6 Å². The van der Waals surface area contributed by atoms with Crippen LogP contribution in [0.25, 0.3) is 0 Å². The molecule has 7 nitrogen and oxygen atoms in total. The minimum Gasteiger partial charge on any atom is -0.483 e. The predicted molar refractivity (Wildman–Crippen MR) is 125 cm³/mol. The smallest absolute Gasteiger partial charge is 0.276 e. The van der Waals surface area contributed by atoms with Crippen molar-refractivity contribution in [2.75, 3.05) is 13.2 Å². The van der Waals surface area contributed by atoms with Gasteiger partial charge in [-0.1, -0.05) is 67.0 Å². The number of benzene rings is 2. The van der Waals surface area contributed by atoms with E-state index in [1.165, 1.54) is 0 Å². The summed E-state index contributed by atoms with van der Waals surface area (Å²) in [6.07, 6.45) is 0.124. The van der Waals surface area contributed by atoms with E-state index >= 15 is 0 Å². The second kappa shape index (κ2) is 10.2. The van der Waals surface area contributed by atoms with Crippen LogP contribution in [0.2, 0.25) is 0 Å². The second-order valence-electron chi connectivity index (χ2n) is 8.88. The van der Waals surface area contributed by atoms with Gasteiger partial charge < -0.3 is 9.64 Å². The molecule has 32 heavy (non-hydrogen) atoms. The Morgan fingerprint density at radius 2 is 1.84 bits per heavy atom. The number of halogens is 1. The number of hydrogen-bond donors (Lipinski definition) is 2. The van der Waals surface area contributed by atoms with E-state index in [-0.39, 0.29) is 30.3 Å². The van der Waals surface area contributed by atoms with E-state index in [0.717, 1.165) is 15.6 Å². The number of carbonyl (C=O) groups excluding carboxylic acids is 3. The van der Waals surface area contributed by atoms with Gasteiger partial charge >= 0.3 is 0 Å². The lowest BCUT2D eigenvalue weighted by molar-refractivity contribution is -0.132. The molecule has 1 unspecified atom stereocenters. The fourth-order valence-corrected chi connectivity index (χ4v) is 3.89. The van der Waals surface area contributed by atoms with Crippen LogP contribution in [0.15, 0.2) is 53.0 Å². The lowest BCUT2D eigenvalue weighted by Gasteiger charge is -2.23. The Labute approximate surface area is 196 Å². The molecule has 8 heteroatoms. The van der Waals surface area contributed by atoms with E-state index in [1.54, 1.807) is 4.90 Å². The number of nitrogens with one attached hydrogen (secondary N) is 2. The van der Waals surface area contributed by atoms with Gasteiger partial charge in [0, 0.05) is 29.5 Å². The van der Waals surface area contributed by atoms with Gasteiger partial charge in [0.2, 0.25) is 11.8 Å². The van der Waals surface area contributed by atoms with Crippen LogP contribution in [0.3, 0.4) is 0 Å². The van der Waals surface area contributed by atoms with Crippen molar-refractivity contribution in [2.45, 2.75) is 39.2 Å². The van der Waals surface area contributed by atoms with Gasteiger partial charge in [-0.05, 0) is 29.2 Å². The van der Waals surface area contributed by atoms with Gasteiger partial charge in [-0.15, -0.1) is 0 Å². The third-order valence-electron chi connectivity index (χ3n) is 5.24. The quantitative estimate of drug-likeness (QED) is 0.594. The van der Waals surface area contributed by atoms with Gasteiger partial charge in [0.25, 0.3) is 5.91 Å². The first-order valence-electron chi connectivity index (χ1n) is 10.5. The number of rotatable bonds is 6. The summed E-state index contributed by atoms with van der Waals surface area (Å²) in [5.74, 6) is -0.840. The molecule has 0 aromatic heterocycles. The van der Waals surface area contributed by atoms with Gasteiger partial charge in [-0.25, -0.2) is 0 Å². The van der Waals surface area contributed by atoms with Gasteiger partial charge in [0.1, 0.15) is 5.75 Å². The van der Waals surface area contributed by atoms with Crippen molar-refractivity contribution in [2.24, 2.45) is 5.92 Å². The third-order valence-corrected chi connectivity index (χ3v) is 5.73. The summed E-state index contributed by atoms with van der Waals surface area (Å²) < 4.78 is 6.62. The monoisotopic (exact) mass is 501 g/mol. The van der Waals surface area contributed by atoms with Crippen LogP contribution in [0.5, 0.6) is 5.75 Å². The zero-order valence-corrected chi connectivity index (χ0v) is 20.1. The summed E-state index contributed by atoms with van der Waals surface area (Å²) in [7, 11) is 0. The largest absolute Gasteiger partial charge is 0.483 e. The van der Waals surface area contributed by atoms with E-state index in [4.69, 9.17) is 4.74 Å². The molecular formula is C24H28BrN3O4. The topological polar surface area (TPSA) is 87.7 Å². The summed E-state index contributed by atoms with van der Waals surface area (Å²) >= 11 is 3.46. The first-order chi connectivity index (χ1) is 15.1. The van der Waals surface area contributed by atoms with Crippen molar-refractivity contribution < 1.29 is 19.1 Å². The molecule has 1 aliphatic rings. The molecule has 0 saturated carbocycles. The fourth-order valence-electron chi connectivity index (χ4n) is 3.53. The molecule has 2 N–H and O–H groups in total. The number of hydrazine groups is 1. The minimum absolute atomic E-state index is 0.0754. The number of nitrogens with zero attached hydrogens (tertiary/aromatic N) is 1. The van der Waals surface area contributed by atoms with E-state index in [9.17, 15) is 14.4 Å². The van der Waals surface area contributed by atoms with Crippen molar-refractivity contribution in [3.63, 3.8) is 0 Å². The molecule has 3 rings (SSSR count). The molecule has 2 aromatic rings. The first-order valence-corrected chi connectivity index (χ1v) is 11.3. The lowest BCUT2D eigenvalue weighted by atomic mass is 9.86. The van der Waals surface area contributed by atoms with E-state index < -0.39 is 11.8 Å². The average Bonchev–Trinajstić information content (AvgIpc) is 3.11. The van der Waals surface area contributed by atoms with Gasteiger partial charge in [-0.3, -0.25) is 25.2 Å². The van der Waals surface area contributed by atoms with Crippen LogP contribution in [-0.2, 0) is 26.3 Å². The Bertz CT molecular complexity index is 988. The molecule has 3 amide bonds. The summed E-state index contributed by atoms with van der Waals surface area (Å²) in [6.45, 7) is 6.73. The number of ether oxygens (including phenoxy) is 1. The molecule has 1 saturated heterocycles. The zero-order valence-electron chi connectivity index (χ0n) is 18.5. The molecule has 1 heterocycles. The highest BCUT2D eigenvalue weighted by Gasteiger charge is 2.34.